The van der Waals surface area contributed by atoms with Gasteiger partial charge in [-0.3, -0.25) is 0 Å². The van der Waals surface area contributed by atoms with Gasteiger partial charge in [0, 0.05) is 16.5 Å². The van der Waals surface area contributed by atoms with Crippen molar-refractivity contribution < 1.29 is 0 Å². The van der Waals surface area contributed by atoms with Gasteiger partial charge in [0.1, 0.15) is 0 Å². The predicted molar refractivity (Wildman–Crippen MR) is 202 cm³/mol. The molecule has 0 aromatic heterocycles. The normalized spacial score (nSPS) is 11.4. The first-order valence-electron chi connectivity index (χ1n) is 16.2. The molecule has 0 atom stereocenters. The molecule has 0 heterocycles. The third kappa shape index (κ3) is 4.56. The van der Waals surface area contributed by atoms with Gasteiger partial charge in [0.2, 0.25) is 0 Å². The highest BCUT2D eigenvalue weighted by Crippen LogP contribution is 2.45. The summed E-state index contributed by atoms with van der Waals surface area (Å²) >= 11 is 0. The van der Waals surface area contributed by atoms with E-state index in [2.05, 4.69) is 193 Å². The second kappa shape index (κ2) is 11.3. The maximum absolute atomic E-state index is 2.43. The topological polar surface area (TPSA) is 3.24 Å². The van der Waals surface area contributed by atoms with E-state index in [-0.39, 0.29) is 0 Å². The van der Waals surface area contributed by atoms with E-state index in [1.807, 2.05) is 0 Å². The summed E-state index contributed by atoms with van der Waals surface area (Å²) in [6.45, 7) is 0. The number of hydrogen-bond acceptors (Lipinski definition) is 1. The monoisotopic (exact) mass is 597 g/mol. The van der Waals surface area contributed by atoms with Crippen LogP contribution in [0.2, 0.25) is 0 Å². The Morgan fingerprint density at radius 2 is 0.574 bits per heavy atom. The minimum atomic E-state index is 1.12. The summed E-state index contributed by atoms with van der Waals surface area (Å²) in [7, 11) is 0. The lowest BCUT2D eigenvalue weighted by atomic mass is 9.92. The van der Waals surface area contributed by atoms with Crippen molar-refractivity contribution in [1.29, 1.82) is 0 Å². The van der Waals surface area contributed by atoms with Crippen LogP contribution in [-0.4, -0.2) is 0 Å². The van der Waals surface area contributed by atoms with Crippen molar-refractivity contribution in [3.05, 3.63) is 188 Å². The minimum Gasteiger partial charge on any atom is -0.309 e. The number of nitrogens with zero attached hydrogens (tertiary/aromatic N) is 1. The second-order valence-corrected chi connectivity index (χ2v) is 12.1. The summed E-state index contributed by atoms with van der Waals surface area (Å²) in [6, 6.07) is 68.2. The van der Waals surface area contributed by atoms with E-state index in [0.717, 1.165) is 17.1 Å². The lowest BCUT2D eigenvalue weighted by Crippen LogP contribution is -2.11. The first kappa shape index (κ1) is 27.2. The highest BCUT2D eigenvalue weighted by atomic mass is 15.1. The summed E-state index contributed by atoms with van der Waals surface area (Å²) in [4.78, 5) is 2.43. The zero-order valence-corrected chi connectivity index (χ0v) is 25.8. The number of para-hydroxylation sites is 1. The van der Waals surface area contributed by atoms with Gasteiger partial charge >= 0.3 is 0 Å². The molecule has 0 radical (unpaired) electrons. The molecule has 0 unspecified atom stereocenters. The molecule has 0 N–H and O–H groups in total. The highest BCUT2D eigenvalue weighted by molar-refractivity contribution is 6.13. The molecule has 0 bridgehead atoms. The van der Waals surface area contributed by atoms with Gasteiger partial charge in [-0.15, -0.1) is 0 Å². The van der Waals surface area contributed by atoms with Crippen molar-refractivity contribution in [2.24, 2.45) is 0 Å². The number of benzene rings is 9. The van der Waals surface area contributed by atoms with Gasteiger partial charge in [-0.05, 0) is 78.8 Å². The number of anilines is 3. The molecule has 1 nitrogen and oxygen atoms in total. The summed E-state index contributed by atoms with van der Waals surface area (Å²) in [5, 5.41) is 9.93. The van der Waals surface area contributed by atoms with Gasteiger partial charge in [-0.1, -0.05) is 164 Å². The van der Waals surface area contributed by atoms with Crippen LogP contribution in [0.5, 0.6) is 0 Å². The molecular formula is C46H31N. The molecule has 0 aliphatic rings. The van der Waals surface area contributed by atoms with Crippen LogP contribution in [-0.2, 0) is 0 Å². The van der Waals surface area contributed by atoms with Crippen molar-refractivity contribution in [3.63, 3.8) is 0 Å². The molecule has 0 aliphatic carbocycles. The number of hydrogen-bond donors (Lipinski definition) is 0. The number of fused-ring (bicyclic) bond motifs is 4. The molecule has 0 fully saturated rings. The van der Waals surface area contributed by atoms with E-state index in [0.29, 0.717) is 0 Å². The van der Waals surface area contributed by atoms with Gasteiger partial charge in [0.05, 0.1) is 11.4 Å². The van der Waals surface area contributed by atoms with Crippen LogP contribution < -0.4 is 4.90 Å². The lowest BCUT2D eigenvalue weighted by molar-refractivity contribution is 1.31. The molecule has 9 aromatic rings. The Morgan fingerprint density at radius 1 is 0.234 bits per heavy atom. The molecule has 9 rings (SSSR count). The Kier molecular flexibility index (Phi) is 6.54. The number of rotatable bonds is 5. The van der Waals surface area contributed by atoms with Crippen molar-refractivity contribution in [2.75, 3.05) is 4.90 Å². The Hall–Kier alpha value is -6.18. The zero-order valence-electron chi connectivity index (χ0n) is 25.8. The van der Waals surface area contributed by atoms with Crippen LogP contribution in [0.4, 0.5) is 17.1 Å². The van der Waals surface area contributed by atoms with Crippen LogP contribution in [0, 0.1) is 0 Å². The fourth-order valence-electron chi connectivity index (χ4n) is 7.35. The van der Waals surface area contributed by atoms with Crippen molar-refractivity contribution >= 4 is 60.2 Å². The zero-order chi connectivity index (χ0) is 31.2. The maximum Gasteiger partial charge on any atom is 0.0540 e. The van der Waals surface area contributed by atoms with Gasteiger partial charge < -0.3 is 4.90 Å². The molecule has 9 aromatic carbocycles. The molecule has 0 amide bonds. The largest absolute Gasteiger partial charge is 0.309 e. The Bertz CT molecular complexity index is 2410. The average molecular weight is 598 g/mol. The van der Waals surface area contributed by atoms with E-state index in [9.17, 15) is 0 Å². The quantitative estimate of drug-likeness (QED) is 0.191. The summed E-state index contributed by atoms with van der Waals surface area (Å²) in [5.74, 6) is 0. The van der Waals surface area contributed by atoms with Crippen LogP contribution in [0.1, 0.15) is 0 Å². The van der Waals surface area contributed by atoms with Gasteiger partial charge in [0.25, 0.3) is 0 Å². The lowest BCUT2D eigenvalue weighted by Gasteiger charge is -2.29. The molecule has 0 saturated heterocycles. The minimum absolute atomic E-state index is 1.12. The first-order valence-corrected chi connectivity index (χ1v) is 16.2. The first-order chi connectivity index (χ1) is 23.3. The molecule has 47 heavy (non-hydrogen) atoms. The fourth-order valence-corrected chi connectivity index (χ4v) is 7.35. The SMILES string of the molecule is c1ccc(N(c2cccc3c(-c4cccc5ccccc45)cccc23)c2cccc3c(-c4cccc5ccccc45)cccc23)cc1. The molecule has 220 valence electrons. The van der Waals surface area contributed by atoms with E-state index in [1.165, 1.54) is 65.3 Å². The van der Waals surface area contributed by atoms with Crippen molar-refractivity contribution in [1.82, 2.24) is 0 Å². The predicted octanol–water partition coefficient (Wildman–Crippen LogP) is 13.1. The van der Waals surface area contributed by atoms with Crippen molar-refractivity contribution in [2.45, 2.75) is 0 Å². The van der Waals surface area contributed by atoms with Gasteiger partial charge in [-0.2, -0.15) is 0 Å². The van der Waals surface area contributed by atoms with Crippen LogP contribution in [0.15, 0.2) is 188 Å². The average Bonchev–Trinajstić information content (AvgIpc) is 3.15. The third-order valence-electron chi connectivity index (χ3n) is 9.45. The molecular weight excluding hydrogens is 567 g/mol. The van der Waals surface area contributed by atoms with E-state index >= 15 is 0 Å². The van der Waals surface area contributed by atoms with Crippen molar-refractivity contribution in [3.8, 4) is 22.3 Å². The van der Waals surface area contributed by atoms with Gasteiger partial charge in [0.15, 0.2) is 0 Å². The third-order valence-corrected chi connectivity index (χ3v) is 9.45. The van der Waals surface area contributed by atoms with Crippen LogP contribution >= 0.6 is 0 Å². The highest BCUT2D eigenvalue weighted by Gasteiger charge is 2.20. The molecule has 1 heteroatoms. The van der Waals surface area contributed by atoms with Crippen LogP contribution in [0.25, 0.3) is 65.3 Å². The Balaban J connectivity index is 1.30. The maximum atomic E-state index is 2.43. The fraction of sp³-hybridized carbons (Fsp3) is 0. The molecule has 0 saturated carbocycles. The summed E-state index contributed by atoms with van der Waals surface area (Å²) in [6.07, 6.45) is 0. The van der Waals surface area contributed by atoms with E-state index in [1.54, 1.807) is 0 Å². The Morgan fingerprint density at radius 3 is 1.09 bits per heavy atom. The molecule has 0 aliphatic heterocycles. The van der Waals surface area contributed by atoms with Gasteiger partial charge in [-0.25, -0.2) is 0 Å². The molecule has 0 spiro atoms. The standard InChI is InChI=1S/C46H31N/c1-2-18-34(19-3-1)47(45-30-12-26-41-39(24-10-28-43(41)45)37-22-8-16-32-14-4-6-20-35(32)37)46-31-13-27-42-40(25-11-29-44(42)46)38-23-9-17-33-15-5-7-21-36(33)38/h1-31H. The Labute approximate surface area is 274 Å². The second-order valence-electron chi connectivity index (χ2n) is 12.1. The van der Waals surface area contributed by atoms with E-state index < -0.39 is 0 Å². The smallest absolute Gasteiger partial charge is 0.0540 e. The summed E-state index contributed by atoms with van der Waals surface area (Å²) in [5.41, 5.74) is 8.41. The van der Waals surface area contributed by atoms with Crippen LogP contribution in [0.3, 0.4) is 0 Å². The summed E-state index contributed by atoms with van der Waals surface area (Å²) < 4.78 is 0. The van der Waals surface area contributed by atoms with E-state index in [4.69, 9.17) is 0 Å².